The summed E-state index contributed by atoms with van der Waals surface area (Å²) in [4.78, 5) is 0. The first-order valence-electron chi connectivity index (χ1n) is 9.43. The van der Waals surface area contributed by atoms with Gasteiger partial charge in [0.05, 0.1) is 0 Å². The van der Waals surface area contributed by atoms with E-state index < -0.39 is 13.1 Å². The van der Waals surface area contributed by atoms with Crippen LogP contribution in [-0.2, 0) is 0 Å². The first-order valence-corrected chi connectivity index (χ1v) is 15.3. The number of rotatable bonds is 3. The van der Waals surface area contributed by atoms with Crippen LogP contribution in [-0.4, -0.2) is 13.1 Å². The van der Waals surface area contributed by atoms with E-state index in [1.54, 1.807) is 0 Å². The summed E-state index contributed by atoms with van der Waals surface area (Å²) in [5.41, 5.74) is 0. The molecule has 1 aliphatic heterocycles. The van der Waals surface area contributed by atoms with Crippen molar-refractivity contribution in [3.63, 3.8) is 0 Å². The molecule has 0 radical (unpaired) electrons. The quantitative estimate of drug-likeness (QED) is 0.172. The van der Waals surface area contributed by atoms with E-state index in [1.165, 1.54) is 0 Å². The minimum atomic E-state index is -4.80. The fourth-order valence-electron chi connectivity index (χ4n) is 3.98. The van der Waals surface area contributed by atoms with Gasteiger partial charge >= 0.3 is 203 Å². The summed E-state index contributed by atoms with van der Waals surface area (Å²) in [5.74, 6) is 0.618. The summed E-state index contributed by atoms with van der Waals surface area (Å²) in [7, 11) is 0. The van der Waals surface area contributed by atoms with Gasteiger partial charge < -0.3 is 0 Å². The molecule has 0 aromatic heterocycles. The molecule has 0 spiro atoms. The zero-order valence-electron chi connectivity index (χ0n) is 15.9. The van der Waals surface area contributed by atoms with Gasteiger partial charge in [0.15, 0.2) is 0 Å². The van der Waals surface area contributed by atoms with Gasteiger partial charge in [-0.2, -0.15) is 0 Å². The molecule has 5 rings (SSSR count). The second-order valence-electron chi connectivity index (χ2n) is 7.06. The number of hydrogen-bond acceptors (Lipinski definition) is 2. The zero-order valence-corrected chi connectivity index (χ0v) is 20.8. The van der Waals surface area contributed by atoms with E-state index in [-0.39, 0.29) is 20.1 Å². The van der Waals surface area contributed by atoms with Gasteiger partial charge in [0.25, 0.3) is 0 Å². The Hall–Kier alpha value is -1.80. The number of fused-ring (bicyclic) bond motifs is 1. The Kier molecular flexibility index (Phi) is 5.20. The molecule has 4 aromatic rings. The first kappa shape index (κ1) is 21.1. The predicted octanol–water partition coefficient (Wildman–Crippen LogP) is 6.19. The molecule has 1 heterocycles. The molecule has 2 nitrogen and oxygen atoms in total. The van der Waals surface area contributed by atoms with Crippen LogP contribution < -0.4 is 20.5 Å². The Labute approximate surface area is 201 Å². The van der Waals surface area contributed by atoms with Crippen molar-refractivity contribution in [3.05, 3.63) is 111 Å². The van der Waals surface area contributed by atoms with Gasteiger partial charge in [-0.05, 0) is 0 Å². The Bertz CT molecular complexity index is 1140. The van der Waals surface area contributed by atoms with Crippen molar-refractivity contribution < 1.29 is 7.45 Å². The third-order valence-electron chi connectivity index (χ3n) is 5.39. The van der Waals surface area contributed by atoms with Crippen LogP contribution in [0.5, 0.6) is 11.5 Å². The predicted molar refractivity (Wildman–Crippen MR) is 132 cm³/mol. The van der Waals surface area contributed by atoms with Crippen molar-refractivity contribution in [2.75, 3.05) is 0 Å². The average Bonchev–Trinajstić information content (AvgIpc) is 3.23. The van der Waals surface area contributed by atoms with Crippen LogP contribution in [0.4, 0.5) is 0 Å². The molecular formula is C24H15AsCl4O2. The third kappa shape index (κ3) is 2.86. The summed E-state index contributed by atoms with van der Waals surface area (Å²) in [6.07, 6.45) is 0. The molecule has 0 aliphatic carbocycles. The van der Waals surface area contributed by atoms with E-state index in [9.17, 15) is 0 Å². The summed E-state index contributed by atoms with van der Waals surface area (Å²) in [6.45, 7) is 0. The van der Waals surface area contributed by atoms with Crippen molar-refractivity contribution in [1.29, 1.82) is 0 Å². The minimum absolute atomic E-state index is 0.136. The van der Waals surface area contributed by atoms with Gasteiger partial charge in [0, 0.05) is 0 Å². The van der Waals surface area contributed by atoms with Crippen LogP contribution in [0, 0.1) is 0 Å². The molecule has 0 amide bonds. The fraction of sp³-hybridized carbons (Fsp3) is 0. The molecule has 156 valence electrons. The van der Waals surface area contributed by atoms with Crippen molar-refractivity contribution in [2.45, 2.75) is 0 Å². The normalized spacial score (nSPS) is 17.0. The van der Waals surface area contributed by atoms with Crippen LogP contribution in [0.25, 0.3) is 0 Å². The molecule has 7 heteroatoms. The number of hydrogen-bond donors (Lipinski definition) is 0. The van der Waals surface area contributed by atoms with Crippen molar-refractivity contribution in [3.8, 4) is 11.5 Å². The summed E-state index contributed by atoms with van der Waals surface area (Å²) in [5, 5.41) is 0.630. The van der Waals surface area contributed by atoms with Crippen LogP contribution in [0.3, 0.4) is 0 Å². The van der Waals surface area contributed by atoms with Gasteiger partial charge in [-0.25, -0.2) is 0 Å². The second-order valence-corrected chi connectivity index (χ2v) is 16.6. The maximum absolute atomic E-state index is 6.99. The molecule has 0 unspecified atom stereocenters. The molecule has 31 heavy (non-hydrogen) atoms. The molecule has 1 aliphatic rings. The van der Waals surface area contributed by atoms with Gasteiger partial charge in [-0.15, -0.1) is 0 Å². The summed E-state index contributed by atoms with van der Waals surface area (Å²) in [6, 6.07) is 29.8. The van der Waals surface area contributed by atoms with Crippen LogP contribution in [0.15, 0.2) is 91.0 Å². The van der Waals surface area contributed by atoms with Gasteiger partial charge in [0.1, 0.15) is 0 Å². The molecular weight excluding hydrogens is 537 g/mol. The van der Waals surface area contributed by atoms with Crippen molar-refractivity contribution >= 4 is 72.6 Å². The Morgan fingerprint density at radius 1 is 0.419 bits per heavy atom. The SMILES string of the molecule is Clc1c(Cl)c(Cl)c2c(c1Cl)O[As](c1ccccc1)(c1ccccc1)(c1ccccc1)O2. The molecule has 0 atom stereocenters. The van der Waals surface area contributed by atoms with E-state index in [0.29, 0.717) is 11.5 Å². The van der Waals surface area contributed by atoms with Gasteiger partial charge in [-0.3, -0.25) is 0 Å². The van der Waals surface area contributed by atoms with E-state index in [2.05, 4.69) is 0 Å². The van der Waals surface area contributed by atoms with E-state index >= 15 is 0 Å². The maximum atomic E-state index is 6.99. The molecule has 0 bridgehead atoms. The first-order chi connectivity index (χ1) is 15.0. The summed E-state index contributed by atoms with van der Waals surface area (Å²) >= 11 is 21.2. The molecule has 0 saturated carbocycles. The standard InChI is InChI=1S/C24H15AsCl4O2/c26-19-20(27)22(29)24-23(21(19)28)30-25(31-24,16-10-4-1-5-11-16,17-12-6-2-7-13-17)18-14-8-3-9-15-18/h1-15H. The Morgan fingerprint density at radius 3 is 1.00 bits per heavy atom. The number of halogens is 4. The van der Waals surface area contributed by atoms with E-state index in [4.69, 9.17) is 53.9 Å². The average molecular weight is 552 g/mol. The second kappa shape index (κ2) is 7.66. The van der Waals surface area contributed by atoms with Crippen LogP contribution in [0.2, 0.25) is 20.1 Å². The number of benzene rings is 4. The zero-order chi connectivity index (χ0) is 21.7. The Balaban J connectivity index is 1.97. The van der Waals surface area contributed by atoms with Crippen molar-refractivity contribution in [2.24, 2.45) is 0 Å². The van der Waals surface area contributed by atoms with E-state index in [0.717, 1.165) is 13.1 Å². The Morgan fingerprint density at radius 2 is 0.710 bits per heavy atom. The van der Waals surface area contributed by atoms with Crippen LogP contribution in [0.1, 0.15) is 0 Å². The van der Waals surface area contributed by atoms with Crippen LogP contribution >= 0.6 is 46.4 Å². The molecule has 0 saturated heterocycles. The molecule has 4 aromatic carbocycles. The summed E-state index contributed by atoms with van der Waals surface area (Å²) < 4.78 is 16.7. The van der Waals surface area contributed by atoms with Gasteiger partial charge in [0.2, 0.25) is 0 Å². The fourth-order valence-corrected chi connectivity index (χ4v) is 15.1. The van der Waals surface area contributed by atoms with Crippen molar-refractivity contribution in [1.82, 2.24) is 0 Å². The topological polar surface area (TPSA) is 18.5 Å². The molecule has 0 fully saturated rings. The van der Waals surface area contributed by atoms with E-state index in [1.807, 2.05) is 91.0 Å². The third-order valence-corrected chi connectivity index (χ3v) is 17.2. The van der Waals surface area contributed by atoms with Gasteiger partial charge in [-0.1, -0.05) is 0 Å². The molecule has 0 N–H and O–H groups in total. The monoisotopic (exact) mass is 550 g/mol.